The Labute approximate surface area is 89.1 Å². The lowest BCUT2D eigenvalue weighted by Gasteiger charge is -2.02. The quantitative estimate of drug-likeness (QED) is 0.711. The van der Waals surface area contributed by atoms with Crippen LogP contribution in [-0.2, 0) is 0 Å². The lowest BCUT2D eigenvalue weighted by Crippen LogP contribution is -2.01. The third-order valence-electron chi connectivity index (χ3n) is 2.34. The van der Waals surface area contributed by atoms with Gasteiger partial charge in [-0.05, 0) is 6.92 Å². The summed E-state index contributed by atoms with van der Waals surface area (Å²) in [6.45, 7) is 5.75. The van der Waals surface area contributed by atoms with Gasteiger partial charge in [-0.25, -0.2) is 4.68 Å². The summed E-state index contributed by atoms with van der Waals surface area (Å²) in [4.78, 5) is 0. The van der Waals surface area contributed by atoms with Crippen molar-refractivity contribution < 1.29 is 0 Å². The van der Waals surface area contributed by atoms with Crippen LogP contribution in [0, 0.1) is 0 Å². The Bertz CT molecular complexity index is 445. The number of aromatic nitrogens is 3. The Kier molecular flexibility index (Phi) is 2.63. The average molecular weight is 199 g/mol. The molecule has 0 bridgehead atoms. The molecule has 3 heteroatoms. The van der Waals surface area contributed by atoms with E-state index in [1.165, 1.54) is 0 Å². The Balaban J connectivity index is 2.32. The molecule has 76 valence electrons. The number of hydrogen-bond donors (Lipinski definition) is 0. The maximum absolute atomic E-state index is 4.12. The van der Waals surface area contributed by atoms with Crippen molar-refractivity contribution in [2.24, 2.45) is 0 Å². The van der Waals surface area contributed by atoms with Gasteiger partial charge in [-0.15, -0.1) is 11.7 Å². The van der Waals surface area contributed by atoms with Gasteiger partial charge < -0.3 is 0 Å². The van der Waals surface area contributed by atoms with Crippen molar-refractivity contribution in [1.29, 1.82) is 0 Å². The van der Waals surface area contributed by atoms with Crippen LogP contribution in [0.25, 0.3) is 11.3 Å². The van der Waals surface area contributed by atoms with Crippen molar-refractivity contribution in [1.82, 2.24) is 15.0 Å². The summed E-state index contributed by atoms with van der Waals surface area (Å²) >= 11 is 0. The van der Waals surface area contributed by atoms with Gasteiger partial charge >= 0.3 is 0 Å². The standard InChI is InChI=1S/C12H13N3/c1-3-10(2)15-9-12(13-14-15)11-7-5-4-6-8-11/h3-10H,1H2,2H3. The maximum Gasteiger partial charge on any atom is 0.113 e. The van der Waals surface area contributed by atoms with Crippen molar-refractivity contribution in [2.75, 3.05) is 0 Å². The van der Waals surface area contributed by atoms with Crippen molar-refractivity contribution >= 4 is 0 Å². The predicted octanol–water partition coefficient (Wildman–Crippen LogP) is 2.69. The first-order chi connectivity index (χ1) is 7.31. The summed E-state index contributed by atoms with van der Waals surface area (Å²) < 4.78 is 1.80. The minimum Gasteiger partial charge on any atom is -0.245 e. The van der Waals surface area contributed by atoms with Gasteiger partial charge in [-0.1, -0.05) is 41.6 Å². The highest BCUT2D eigenvalue weighted by atomic mass is 15.4. The number of hydrogen-bond acceptors (Lipinski definition) is 2. The molecule has 0 saturated carbocycles. The van der Waals surface area contributed by atoms with E-state index in [4.69, 9.17) is 0 Å². The molecule has 0 spiro atoms. The molecule has 1 atom stereocenters. The molecule has 1 aromatic carbocycles. The minimum atomic E-state index is 0.176. The van der Waals surface area contributed by atoms with Crippen molar-refractivity contribution in [3.63, 3.8) is 0 Å². The molecule has 0 N–H and O–H groups in total. The van der Waals surface area contributed by atoms with Gasteiger partial charge in [-0.2, -0.15) is 0 Å². The van der Waals surface area contributed by atoms with E-state index in [-0.39, 0.29) is 6.04 Å². The Morgan fingerprint density at radius 3 is 2.73 bits per heavy atom. The highest BCUT2D eigenvalue weighted by Gasteiger charge is 2.05. The fourth-order valence-electron chi connectivity index (χ4n) is 1.32. The molecular weight excluding hydrogens is 186 g/mol. The number of benzene rings is 1. The van der Waals surface area contributed by atoms with E-state index >= 15 is 0 Å². The first kappa shape index (κ1) is 9.65. The van der Waals surface area contributed by atoms with Gasteiger partial charge in [-0.3, -0.25) is 0 Å². The molecule has 1 aromatic heterocycles. The fraction of sp³-hybridized carbons (Fsp3) is 0.167. The van der Waals surface area contributed by atoms with Crippen LogP contribution < -0.4 is 0 Å². The van der Waals surface area contributed by atoms with Crippen molar-refractivity contribution in [2.45, 2.75) is 13.0 Å². The van der Waals surface area contributed by atoms with Gasteiger partial charge in [0.1, 0.15) is 5.69 Å². The zero-order valence-corrected chi connectivity index (χ0v) is 8.67. The highest BCUT2D eigenvalue weighted by Crippen LogP contribution is 2.16. The Hall–Kier alpha value is -1.90. The summed E-state index contributed by atoms with van der Waals surface area (Å²) in [6, 6.07) is 10.2. The second-order valence-electron chi connectivity index (χ2n) is 3.43. The second kappa shape index (κ2) is 4.09. The molecule has 15 heavy (non-hydrogen) atoms. The van der Waals surface area contributed by atoms with Crippen LogP contribution in [0.3, 0.4) is 0 Å². The van der Waals surface area contributed by atoms with Crippen molar-refractivity contribution in [3.8, 4) is 11.3 Å². The Morgan fingerprint density at radius 2 is 2.07 bits per heavy atom. The lowest BCUT2D eigenvalue weighted by atomic mass is 10.2. The van der Waals surface area contributed by atoms with Gasteiger partial charge in [0.05, 0.1) is 12.2 Å². The largest absolute Gasteiger partial charge is 0.245 e. The van der Waals surface area contributed by atoms with E-state index in [1.807, 2.05) is 49.5 Å². The molecule has 0 aliphatic heterocycles. The molecule has 3 nitrogen and oxygen atoms in total. The zero-order valence-electron chi connectivity index (χ0n) is 8.67. The third kappa shape index (κ3) is 1.96. The Morgan fingerprint density at radius 1 is 1.33 bits per heavy atom. The monoisotopic (exact) mass is 199 g/mol. The molecule has 0 radical (unpaired) electrons. The number of allylic oxidation sites excluding steroid dienone is 1. The van der Waals surface area contributed by atoms with Gasteiger partial charge in [0.15, 0.2) is 0 Å². The topological polar surface area (TPSA) is 30.7 Å². The van der Waals surface area contributed by atoms with E-state index in [1.54, 1.807) is 4.68 Å². The zero-order chi connectivity index (χ0) is 10.7. The van der Waals surface area contributed by atoms with Crippen LogP contribution in [0.4, 0.5) is 0 Å². The maximum atomic E-state index is 4.12. The van der Waals surface area contributed by atoms with Crippen LogP contribution in [0.2, 0.25) is 0 Å². The van der Waals surface area contributed by atoms with E-state index in [0.717, 1.165) is 11.3 Å². The van der Waals surface area contributed by atoms with Crippen LogP contribution >= 0.6 is 0 Å². The van der Waals surface area contributed by atoms with Crippen LogP contribution in [0.5, 0.6) is 0 Å². The minimum absolute atomic E-state index is 0.176. The summed E-state index contributed by atoms with van der Waals surface area (Å²) in [7, 11) is 0. The molecule has 0 amide bonds. The number of nitrogens with zero attached hydrogens (tertiary/aromatic N) is 3. The van der Waals surface area contributed by atoms with E-state index < -0.39 is 0 Å². The summed E-state index contributed by atoms with van der Waals surface area (Å²) in [5, 5.41) is 8.18. The smallest absolute Gasteiger partial charge is 0.113 e. The third-order valence-corrected chi connectivity index (χ3v) is 2.34. The van der Waals surface area contributed by atoms with Crippen LogP contribution in [0.1, 0.15) is 13.0 Å². The summed E-state index contributed by atoms with van der Waals surface area (Å²) in [5.74, 6) is 0. The molecule has 0 aliphatic carbocycles. The normalized spacial score (nSPS) is 12.3. The number of rotatable bonds is 3. The first-order valence-corrected chi connectivity index (χ1v) is 4.91. The van der Waals surface area contributed by atoms with E-state index in [9.17, 15) is 0 Å². The molecule has 2 rings (SSSR count). The van der Waals surface area contributed by atoms with Crippen LogP contribution in [0.15, 0.2) is 49.2 Å². The molecule has 0 aliphatic rings. The molecule has 1 unspecified atom stereocenters. The average Bonchev–Trinajstić information content (AvgIpc) is 2.78. The first-order valence-electron chi connectivity index (χ1n) is 4.91. The van der Waals surface area contributed by atoms with Gasteiger partial charge in [0.2, 0.25) is 0 Å². The highest BCUT2D eigenvalue weighted by molar-refractivity contribution is 5.57. The van der Waals surface area contributed by atoms with Crippen LogP contribution in [-0.4, -0.2) is 15.0 Å². The van der Waals surface area contributed by atoms with Crippen molar-refractivity contribution in [3.05, 3.63) is 49.2 Å². The fourth-order valence-corrected chi connectivity index (χ4v) is 1.32. The summed E-state index contributed by atoms with van der Waals surface area (Å²) in [5.41, 5.74) is 1.98. The van der Waals surface area contributed by atoms with Gasteiger partial charge in [0.25, 0.3) is 0 Å². The molecule has 2 aromatic rings. The van der Waals surface area contributed by atoms with E-state index in [2.05, 4.69) is 16.9 Å². The molecule has 1 heterocycles. The molecule has 0 fully saturated rings. The van der Waals surface area contributed by atoms with Gasteiger partial charge in [0, 0.05) is 5.56 Å². The second-order valence-corrected chi connectivity index (χ2v) is 3.43. The lowest BCUT2D eigenvalue weighted by molar-refractivity contribution is 0.558. The SMILES string of the molecule is C=CC(C)n1cc(-c2ccccc2)nn1. The molecule has 0 saturated heterocycles. The van der Waals surface area contributed by atoms with E-state index in [0.29, 0.717) is 0 Å². The molecular formula is C12H13N3. The summed E-state index contributed by atoms with van der Waals surface area (Å²) in [6.07, 6.45) is 3.77. The predicted molar refractivity (Wildman–Crippen MR) is 60.4 cm³/mol.